The van der Waals surface area contributed by atoms with Crippen LogP contribution in [0.4, 0.5) is 0 Å². The van der Waals surface area contributed by atoms with Gasteiger partial charge in [0.25, 0.3) is 0 Å². The summed E-state index contributed by atoms with van der Waals surface area (Å²) in [6, 6.07) is 12.2. The number of aryl methyl sites for hydroxylation is 2. The van der Waals surface area contributed by atoms with E-state index in [9.17, 15) is 0 Å². The molecule has 0 aliphatic carbocycles. The zero-order chi connectivity index (χ0) is 14.0. The van der Waals surface area contributed by atoms with Crippen LogP contribution in [-0.4, -0.2) is 7.11 Å². The third kappa shape index (κ3) is 3.31. The smallest absolute Gasteiger partial charge is 0.123 e. The third-order valence-corrected chi connectivity index (χ3v) is 4.26. The van der Waals surface area contributed by atoms with Crippen molar-refractivity contribution in [2.75, 3.05) is 7.11 Å². The average Bonchev–Trinajstić information content (AvgIpc) is 2.36. The van der Waals surface area contributed by atoms with Crippen molar-refractivity contribution in [3.63, 3.8) is 0 Å². The Labute approximate surface area is 127 Å². The van der Waals surface area contributed by atoms with Gasteiger partial charge in [0.15, 0.2) is 0 Å². The SMILES string of the molecule is COc1ccc(Cl)cc1C(Br)c1cc(C)cc(C)c1. The topological polar surface area (TPSA) is 9.23 Å². The molecule has 0 aromatic heterocycles. The number of hydrogen-bond donors (Lipinski definition) is 0. The number of benzene rings is 2. The maximum absolute atomic E-state index is 6.09. The molecule has 2 aromatic carbocycles. The van der Waals surface area contributed by atoms with Gasteiger partial charge in [-0.25, -0.2) is 0 Å². The molecule has 0 saturated heterocycles. The summed E-state index contributed by atoms with van der Waals surface area (Å²) in [4.78, 5) is 0.0692. The minimum atomic E-state index is 0.0692. The van der Waals surface area contributed by atoms with Gasteiger partial charge in [0.2, 0.25) is 0 Å². The normalized spacial score (nSPS) is 12.3. The minimum absolute atomic E-state index is 0.0692. The number of halogens is 2. The summed E-state index contributed by atoms with van der Waals surface area (Å²) in [6.07, 6.45) is 0. The van der Waals surface area contributed by atoms with Crippen LogP contribution in [0.2, 0.25) is 5.02 Å². The van der Waals surface area contributed by atoms with Gasteiger partial charge in [-0.05, 0) is 37.6 Å². The lowest BCUT2D eigenvalue weighted by molar-refractivity contribution is 0.410. The van der Waals surface area contributed by atoms with Crippen LogP contribution < -0.4 is 4.74 Å². The van der Waals surface area contributed by atoms with Crippen molar-refractivity contribution in [2.45, 2.75) is 18.7 Å². The van der Waals surface area contributed by atoms with Crippen molar-refractivity contribution in [2.24, 2.45) is 0 Å². The summed E-state index contributed by atoms with van der Waals surface area (Å²) >= 11 is 9.84. The van der Waals surface area contributed by atoms with Crippen LogP contribution in [0.1, 0.15) is 27.1 Å². The quantitative estimate of drug-likeness (QED) is 0.676. The van der Waals surface area contributed by atoms with Crippen molar-refractivity contribution < 1.29 is 4.74 Å². The number of alkyl halides is 1. The first-order chi connectivity index (χ1) is 9.01. The maximum Gasteiger partial charge on any atom is 0.123 e. The van der Waals surface area contributed by atoms with Gasteiger partial charge in [-0.2, -0.15) is 0 Å². The van der Waals surface area contributed by atoms with E-state index in [1.54, 1.807) is 7.11 Å². The standard InChI is InChI=1S/C16H16BrClO/c1-10-6-11(2)8-12(7-10)16(17)14-9-13(18)4-5-15(14)19-3/h4-9,16H,1-3H3. The lowest BCUT2D eigenvalue weighted by Crippen LogP contribution is -1.98. The predicted molar refractivity (Wildman–Crippen MR) is 84.7 cm³/mol. The van der Waals surface area contributed by atoms with E-state index in [0.29, 0.717) is 5.02 Å². The molecule has 0 N–H and O–H groups in total. The van der Waals surface area contributed by atoms with Crippen molar-refractivity contribution in [1.82, 2.24) is 0 Å². The van der Waals surface area contributed by atoms with Crippen molar-refractivity contribution in [3.8, 4) is 5.75 Å². The molecule has 3 heteroatoms. The maximum atomic E-state index is 6.09. The van der Waals surface area contributed by atoms with Crippen LogP contribution in [0.15, 0.2) is 36.4 Å². The van der Waals surface area contributed by atoms with Crippen molar-refractivity contribution in [1.29, 1.82) is 0 Å². The Morgan fingerprint density at radius 3 is 2.26 bits per heavy atom. The predicted octanol–water partition coefficient (Wildman–Crippen LogP) is 5.45. The summed E-state index contributed by atoms with van der Waals surface area (Å²) in [5, 5.41) is 0.713. The average molecular weight is 340 g/mol. The van der Waals surface area contributed by atoms with E-state index in [-0.39, 0.29) is 4.83 Å². The molecule has 1 nitrogen and oxygen atoms in total. The Balaban J connectivity index is 2.48. The monoisotopic (exact) mass is 338 g/mol. The first-order valence-electron chi connectivity index (χ1n) is 6.07. The van der Waals surface area contributed by atoms with Gasteiger partial charge in [0, 0.05) is 10.6 Å². The van der Waals surface area contributed by atoms with Gasteiger partial charge in [0.1, 0.15) is 5.75 Å². The lowest BCUT2D eigenvalue weighted by atomic mass is 10.00. The van der Waals surface area contributed by atoms with E-state index < -0.39 is 0 Å². The van der Waals surface area contributed by atoms with Crippen molar-refractivity contribution in [3.05, 3.63) is 63.7 Å². The molecule has 0 spiro atoms. The Kier molecular flexibility index (Phi) is 4.54. The first kappa shape index (κ1) is 14.4. The molecule has 0 aliphatic heterocycles. The molecule has 19 heavy (non-hydrogen) atoms. The molecule has 0 fully saturated rings. The van der Waals surface area contributed by atoms with Gasteiger partial charge in [-0.15, -0.1) is 0 Å². The van der Waals surface area contributed by atoms with Crippen LogP contribution in [0.3, 0.4) is 0 Å². The highest BCUT2D eigenvalue weighted by molar-refractivity contribution is 9.09. The van der Waals surface area contributed by atoms with E-state index >= 15 is 0 Å². The second kappa shape index (κ2) is 5.98. The largest absolute Gasteiger partial charge is 0.496 e. The highest BCUT2D eigenvalue weighted by atomic mass is 79.9. The van der Waals surface area contributed by atoms with E-state index in [1.807, 2.05) is 18.2 Å². The Bertz CT molecular complexity index is 575. The van der Waals surface area contributed by atoms with Gasteiger partial charge in [-0.1, -0.05) is 56.9 Å². The van der Waals surface area contributed by atoms with Gasteiger partial charge in [0.05, 0.1) is 11.9 Å². The van der Waals surface area contributed by atoms with Crippen LogP contribution in [0.25, 0.3) is 0 Å². The molecule has 0 amide bonds. The zero-order valence-electron chi connectivity index (χ0n) is 11.2. The van der Waals surface area contributed by atoms with Gasteiger partial charge < -0.3 is 4.74 Å². The minimum Gasteiger partial charge on any atom is -0.496 e. The summed E-state index contributed by atoms with van der Waals surface area (Å²) in [5.41, 5.74) is 4.75. The second-order valence-corrected chi connectivity index (χ2v) is 6.02. The number of ether oxygens (including phenoxy) is 1. The Morgan fingerprint density at radius 1 is 1.05 bits per heavy atom. The summed E-state index contributed by atoms with van der Waals surface area (Å²) in [6.45, 7) is 4.21. The number of hydrogen-bond acceptors (Lipinski definition) is 1. The molecule has 0 aliphatic rings. The highest BCUT2D eigenvalue weighted by Crippen LogP contribution is 2.38. The fourth-order valence-corrected chi connectivity index (χ4v) is 3.04. The molecule has 2 rings (SSSR count). The van der Waals surface area contributed by atoms with Crippen molar-refractivity contribution >= 4 is 27.5 Å². The Hall–Kier alpha value is -0.990. The lowest BCUT2D eigenvalue weighted by Gasteiger charge is -2.16. The van der Waals surface area contributed by atoms with E-state index in [1.165, 1.54) is 16.7 Å². The third-order valence-electron chi connectivity index (χ3n) is 3.00. The summed E-state index contributed by atoms with van der Waals surface area (Å²) < 4.78 is 5.41. The molecule has 1 unspecified atom stereocenters. The number of rotatable bonds is 3. The molecule has 0 radical (unpaired) electrons. The van der Waals surface area contributed by atoms with Crippen LogP contribution in [0, 0.1) is 13.8 Å². The molecular formula is C16H16BrClO. The number of methoxy groups -OCH3 is 1. The zero-order valence-corrected chi connectivity index (χ0v) is 13.5. The molecule has 2 aromatic rings. The first-order valence-corrected chi connectivity index (χ1v) is 7.36. The molecule has 0 heterocycles. The van der Waals surface area contributed by atoms with Gasteiger partial charge >= 0.3 is 0 Å². The molecular weight excluding hydrogens is 324 g/mol. The molecule has 1 atom stereocenters. The molecule has 100 valence electrons. The fraction of sp³-hybridized carbons (Fsp3) is 0.250. The van der Waals surface area contributed by atoms with E-state index in [4.69, 9.17) is 16.3 Å². The Morgan fingerprint density at radius 2 is 1.68 bits per heavy atom. The van der Waals surface area contributed by atoms with Crippen LogP contribution in [0.5, 0.6) is 5.75 Å². The van der Waals surface area contributed by atoms with Crippen LogP contribution in [-0.2, 0) is 0 Å². The van der Waals surface area contributed by atoms with E-state index in [0.717, 1.165) is 11.3 Å². The molecule has 0 bridgehead atoms. The van der Waals surface area contributed by atoms with E-state index in [2.05, 4.69) is 48.0 Å². The highest BCUT2D eigenvalue weighted by Gasteiger charge is 2.16. The van der Waals surface area contributed by atoms with Crippen LogP contribution >= 0.6 is 27.5 Å². The fourth-order valence-electron chi connectivity index (χ4n) is 2.24. The molecule has 0 saturated carbocycles. The summed E-state index contributed by atoms with van der Waals surface area (Å²) in [5.74, 6) is 0.838. The summed E-state index contributed by atoms with van der Waals surface area (Å²) in [7, 11) is 1.67. The second-order valence-electron chi connectivity index (χ2n) is 4.67. The van der Waals surface area contributed by atoms with Gasteiger partial charge in [-0.3, -0.25) is 0 Å².